The Kier molecular flexibility index (Phi) is 6.44. The van der Waals surface area contributed by atoms with Crippen LogP contribution in [0, 0.1) is 0 Å². The van der Waals surface area contributed by atoms with Crippen LogP contribution in [0.4, 0.5) is 5.69 Å². The number of amides is 2. The van der Waals surface area contributed by atoms with E-state index < -0.39 is 6.04 Å². The van der Waals surface area contributed by atoms with Gasteiger partial charge in [0.05, 0.1) is 14.2 Å². The molecule has 8 nitrogen and oxygen atoms in total. The van der Waals surface area contributed by atoms with Gasteiger partial charge >= 0.3 is 0 Å². The molecule has 1 aromatic heterocycles. The number of hydrogen-bond acceptors (Lipinski definition) is 5. The fourth-order valence-corrected chi connectivity index (χ4v) is 4.26. The van der Waals surface area contributed by atoms with Crippen LogP contribution in [0.5, 0.6) is 11.5 Å². The highest BCUT2D eigenvalue weighted by atomic mass is 16.5. The number of nitrogens with one attached hydrogen (secondary N) is 1. The Morgan fingerprint density at radius 2 is 1.55 bits per heavy atom. The normalized spacial score (nSPS) is 14.8. The van der Waals surface area contributed by atoms with Crippen LogP contribution >= 0.6 is 0 Å². The van der Waals surface area contributed by atoms with Gasteiger partial charge in [0.2, 0.25) is 5.91 Å². The average molecular weight is 451 g/mol. The number of aryl methyl sites for hydroxylation is 1. The minimum atomic E-state index is -0.613. The summed E-state index contributed by atoms with van der Waals surface area (Å²) in [6, 6.07) is 14.8. The summed E-state index contributed by atoms with van der Waals surface area (Å²) in [5.41, 5.74) is 2.54. The molecule has 1 aliphatic rings. The molecule has 0 spiro atoms. The SMILES string of the molecule is COc1ccc(N2CCN(C(=O)C(C)NC(=O)c3cc4cc(OC)ccc4n3C)CC2)cc1. The smallest absolute Gasteiger partial charge is 0.268 e. The first kappa shape index (κ1) is 22.5. The van der Waals surface area contributed by atoms with Gasteiger partial charge in [-0.05, 0) is 55.5 Å². The van der Waals surface area contributed by atoms with Gasteiger partial charge in [0.25, 0.3) is 5.91 Å². The van der Waals surface area contributed by atoms with Crippen LogP contribution in [-0.4, -0.2) is 67.7 Å². The molecule has 1 N–H and O–H groups in total. The van der Waals surface area contributed by atoms with Crippen molar-refractivity contribution >= 4 is 28.4 Å². The van der Waals surface area contributed by atoms with Crippen LogP contribution in [-0.2, 0) is 11.8 Å². The number of fused-ring (bicyclic) bond motifs is 1. The number of piperazine rings is 1. The largest absolute Gasteiger partial charge is 0.497 e. The van der Waals surface area contributed by atoms with E-state index in [4.69, 9.17) is 9.47 Å². The minimum absolute atomic E-state index is 0.0711. The summed E-state index contributed by atoms with van der Waals surface area (Å²) in [6.07, 6.45) is 0. The fourth-order valence-electron chi connectivity index (χ4n) is 4.26. The van der Waals surface area contributed by atoms with E-state index in [9.17, 15) is 9.59 Å². The summed E-state index contributed by atoms with van der Waals surface area (Å²) in [6.45, 7) is 4.44. The van der Waals surface area contributed by atoms with Gasteiger partial charge in [-0.2, -0.15) is 0 Å². The van der Waals surface area contributed by atoms with Crippen molar-refractivity contribution in [2.24, 2.45) is 7.05 Å². The molecule has 0 bridgehead atoms. The van der Waals surface area contributed by atoms with E-state index >= 15 is 0 Å². The van der Waals surface area contributed by atoms with E-state index in [0.29, 0.717) is 18.8 Å². The van der Waals surface area contributed by atoms with E-state index in [1.54, 1.807) is 21.1 Å². The second-order valence-corrected chi connectivity index (χ2v) is 8.22. The summed E-state index contributed by atoms with van der Waals surface area (Å²) in [5.74, 6) is 1.21. The first-order valence-corrected chi connectivity index (χ1v) is 11.0. The number of ether oxygens (including phenoxy) is 2. The molecule has 4 rings (SSSR count). The Balaban J connectivity index is 1.36. The third-order valence-electron chi connectivity index (χ3n) is 6.23. The second kappa shape index (κ2) is 9.44. The minimum Gasteiger partial charge on any atom is -0.497 e. The maximum atomic E-state index is 13.0. The molecule has 1 saturated heterocycles. The van der Waals surface area contributed by atoms with Crippen LogP contribution in [0.25, 0.3) is 10.9 Å². The van der Waals surface area contributed by atoms with Gasteiger partial charge in [0, 0.05) is 49.8 Å². The predicted octanol–water partition coefficient (Wildman–Crippen LogP) is 2.66. The van der Waals surface area contributed by atoms with E-state index in [1.165, 1.54) is 0 Å². The molecule has 33 heavy (non-hydrogen) atoms. The summed E-state index contributed by atoms with van der Waals surface area (Å²) < 4.78 is 12.3. The average Bonchev–Trinajstić information content (AvgIpc) is 3.19. The molecule has 3 aromatic rings. The molecule has 1 unspecified atom stereocenters. The Bertz CT molecular complexity index is 1150. The zero-order valence-corrected chi connectivity index (χ0v) is 19.5. The Hall–Kier alpha value is -3.68. The van der Waals surface area contributed by atoms with Crippen molar-refractivity contribution in [1.29, 1.82) is 0 Å². The molecule has 2 aromatic carbocycles. The van der Waals surface area contributed by atoms with Crippen molar-refractivity contribution in [1.82, 2.24) is 14.8 Å². The molecule has 0 aliphatic carbocycles. The maximum absolute atomic E-state index is 13.0. The lowest BCUT2D eigenvalue weighted by Crippen LogP contribution is -2.54. The number of anilines is 1. The lowest BCUT2D eigenvalue weighted by molar-refractivity contribution is -0.133. The summed E-state index contributed by atoms with van der Waals surface area (Å²) in [5, 5.41) is 3.78. The molecule has 0 radical (unpaired) electrons. The highest BCUT2D eigenvalue weighted by Gasteiger charge is 2.27. The van der Waals surface area contributed by atoms with Gasteiger partial charge < -0.3 is 29.2 Å². The topological polar surface area (TPSA) is 76.0 Å². The fraction of sp³-hybridized carbons (Fsp3) is 0.360. The molecule has 174 valence electrons. The first-order valence-electron chi connectivity index (χ1n) is 11.0. The number of hydrogen-bond donors (Lipinski definition) is 1. The van der Waals surface area contributed by atoms with E-state index in [1.807, 2.05) is 65.0 Å². The van der Waals surface area contributed by atoms with Crippen LogP contribution in [0.3, 0.4) is 0 Å². The molecule has 1 aliphatic heterocycles. The number of carbonyl (C=O) groups is 2. The number of methoxy groups -OCH3 is 2. The summed E-state index contributed by atoms with van der Waals surface area (Å²) in [7, 11) is 5.10. The van der Waals surface area contributed by atoms with Gasteiger partial charge in [0.15, 0.2) is 0 Å². The zero-order valence-electron chi connectivity index (χ0n) is 19.5. The lowest BCUT2D eigenvalue weighted by Gasteiger charge is -2.37. The quantitative estimate of drug-likeness (QED) is 0.625. The highest BCUT2D eigenvalue weighted by Crippen LogP contribution is 2.24. The number of benzene rings is 2. The third-order valence-corrected chi connectivity index (χ3v) is 6.23. The highest BCUT2D eigenvalue weighted by molar-refractivity contribution is 6.01. The summed E-state index contributed by atoms with van der Waals surface area (Å²) >= 11 is 0. The molecular formula is C25H30N4O4. The Labute approximate surface area is 193 Å². The van der Waals surface area contributed by atoms with Gasteiger partial charge in [-0.1, -0.05) is 0 Å². The molecule has 2 amide bonds. The van der Waals surface area contributed by atoms with Gasteiger partial charge in [0.1, 0.15) is 23.2 Å². The molecule has 8 heteroatoms. The van der Waals surface area contributed by atoms with Crippen molar-refractivity contribution in [2.45, 2.75) is 13.0 Å². The van der Waals surface area contributed by atoms with Crippen molar-refractivity contribution in [3.8, 4) is 11.5 Å². The van der Waals surface area contributed by atoms with Crippen LogP contribution in [0.1, 0.15) is 17.4 Å². The number of carbonyl (C=O) groups excluding carboxylic acids is 2. The summed E-state index contributed by atoms with van der Waals surface area (Å²) in [4.78, 5) is 30.0. The number of nitrogens with zero attached hydrogens (tertiary/aromatic N) is 3. The van der Waals surface area contributed by atoms with Crippen molar-refractivity contribution in [3.63, 3.8) is 0 Å². The van der Waals surface area contributed by atoms with Gasteiger partial charge in [-0.3, -0.25) is 9.59 Å². The van der Waals surface area contributed by atoms with Crippen molar-refractivity contribution < 1.29 is 19.1 Å². The van der Waals surface area contributed by atoms with E-state index in [2.05, 4.69) is 10.2 Å². The van der Waals surface area contributed by atoms with Crippen molar-refractivity contribution in [3.05, 3.63) is 54.2 Å². The molecule has 2 heterocycles. The van der Waals surface area contributed by atoms with Crippen LogP contribution in [0.15, 0.2) is 48.5 Å². The molecular weight excluding hydrogens is 420 g/mol. The van der Waals surface area contributed by atoms with E-state index in [0.717, 1.165) is 41.2 Å². The molecule has 1 fully saturated rings. The Morgan fingerprint density at radius 1 is 0.909 bits per heavy atom. The molecule has 1 atom stereocenters. The van der Waals surface area contributed by atoms with Gasteiger partial charge in [-0.15, -0.1) is 0 Å². The molecule has 0 saturated carbocycles. The third kappa shape index (κ3) is 4.60. The van der Waals surface area contributed by atoms with Crippen LogP contribution in [0.2, 0.25) is 0 Å². The monoisotopic (exact) mass is 450 g/mol. The van der Waals surface area contributed by atoms with Crippen LogP contribution < -0.4 is 19.7 Å². The van der Waals surface area contributed by atoms with Crippen molar-refractivity contribution in [2.75, 3.05) is 45.3 Å². The second-order valence-electron chi connectivity index (χ2n) is 8.22. The first-order chi connectivity index (χ1) is 15.9. The number of rotatable bonds is 6. The number of aromatic nitrogens is 1. The Morgan fingerprint density at radius 3 is 2.18 bits per heavy atom. The predicted molar refractivity (Wildman–Crippen MR) is 128 cm³/mol. The standard InChI is InChI=1S/C25H30N4O4/c1-17(26-24(30)23-16-18-15-21(33-4)9-10-22(18)27(23)2)25(31)29-13-11-28(12-14-29)19-5-7-20(32-3)8-6-19/h5-10,15-17H,11-14H2,1-4H3,(H,26,30). The maximum Gasteiger partial charge on any atom is 0.268 e. The lowest BCUT2D eigenvalue weighted by atomic mass is 10.2. The van der Waals surface area contributed by atoms with E-state index in [-0.39, 0.29) is 11.8 Å². The zero-order chi connectivity index (χ0) is 23.5. The van der Waals surface area contributed by atoms with Gasteiger partial charge in [-0.25, -0.2) is 0 Å².